The fourth-order valence-electron chi connectivity index (χ4n) is 2.44. The fraction of sp³-hybridized carbons (Fsp3) is 0.400. The second kappa shape index (κ2) is 5.57. The van der Waals surface area contributed by atoms with Gasteiger partial charge >= 0.3 is 0 Å². The minimum atomic E-state index is 0.586. The summed E-state index contributed by atoms with van der Waals surface area (Å²) in [5.74, 6) is 2.50. The van der Waals surface area contributed by atoms with Crippen LogP contribution < -0.4 is 9.47 Å². The average molecular weight is 316 g/mol. The minimum absolute atomic E-state index is 0.586. The topological polar surface area (TPSA) is 61.5 Å². The first-order valence-corrected chi connectivity index (χ1v) is 8.28. The Morgan fingerprint density at radius 1 is 1.18 bits per heavy atom. The number of aryl methyl sites for hydroxylation is 1. The van der Waals surface area contributed by atoms with Gasteiger partial charge in [-0.25, -0.2) is 0 Å². The summed E-state index contributed by atoms with van der Waals surface area (Å²) >= 11 is 1.54. The van der Waals surface area contributed by atoms with Crippen molar-refractivity contribution in [1.29, 1.82) is 0 Å². The molecule has 114 valence electrons. The van der Waals surface area contributed by atoms with Crippen molar-refractivity contribution < 1.29 is 9.47 Å². The second-order valence-electron chi connectivity index (χ2n) is 5.18. The molecule has 3 heterocycles. The lowest BCUT2D eigenvalue weighted by Crippen LogP contribution is -2.15. The average Bonchev–Trinajstić information content (AvgIpc) is 3.13. The molecule has 0 fully saturated rings. The molecule has 0 radical (unpaired) electrons. The van der Waals surface area contributed by atoms with Crippen molar-refractivity contribution in [1.82, 2.24) is 19.8 Å². The van der Waals surface area contributed by atoms with Gasteiger partial charge in [0.2, 0.25) is 4.96 Å². The summed E-state index contributed by atoms with van der Waals surface area (Å²) in [5, 5.41) is 14.0. The number of unbranched alkanes of at least 4 members (excludes halogenated alkanes) is 1. The van der Waals surface area contributed by atoms with E-state index in [0.717, 1.165) is 52.1 Å². The van der Waals surface area contributed by atoms with Crippen LogP contribution in [0.25, 0.3) is 15.5 Å². The summed E-state index contributed by atoms with van der Waals surface area (Å²) in [4.78, 5) is 0.830. The Morgan fingerprint density at radius 2 is 2.05 bits per heavy atom. The number of benzene rings is 1. The largest absolute Gasteiger partial charge is 0.486 e. The van der Waals surface area contributed by atoms with Gasteiger partial charge in [-0.2, -0.15) is 9.61 Å². The van der Waals surface area contributed by atoms with Crippen LogP contribution in [0.15, 0.2) is 18.2 Å². The van der Waals surface area contributed by atoms with Gasteiger partial charge in [0.1, 0.15) is 18.2 Å². The minimum Gasteiger partial charge on any atom is -0.486 e. The van der Waals surface area contributed by atoms with Crippen molar-refractivity contribution in [2.24, 2.45) is 0 Å². The summed E-state index contributed by atoms with van der Waals surface area (Å²) in [6.07, 6.45) is 3.13. The third-order valence-electron chi connectivity index (χ3n) is 3.60. The molecule has 0 atom stereocenters. The predicted octanol–water partition coefficient (Wildman–Crippen LogP) is 2.97. The molecule has 3 aromatic rings. The van der Waals surface area contributed by atoms with Gasteiger partial charge in [-0.1, -0.05) is 24.7 Å². The molecule has 4 rings (SSSR count). The number of nitrogens with zero attached hydrogens (tertiary/aromatic N) is 4. The summed E-state index contributed by atoms with van der Waals surface area (Å²) in [5.41, 5.74) is 1.01. The van der Waals surface area contributed by atoms with Crippen LogP contribution in [0.3, 0.4) is 0 Å². The molecule has 1 aliphatic heterocycles. The quantitative estimate of drug-likeness (QED) is 0.740. The standard InChI is InChI=1S/C15H16N4O2S/c1-2-3-4-13-16-17-15-19(13)18-14(22-15)10-5-6-11-12(9-10)21-8-7-20-11/h5-6,9H,2-4,7-8H2,1H3. The van der Waals surface area contributed by atoms with Crippen LogP contribution >= 0.6 is 11.3 Å². The Balaban J connectivity index is 1.70. The van der Waals surface area contributed by atoms with Crippen molar-refractivity contribution in [3.63, 3.8) is 0 Å². The zero-order valence-corrected chi connectivity index (χ0v) is 13.1. The monoisotopic (exact) mass is 316 g/mol. The van der Waals surface area contributed by atoms with Crippen LogP contribution in [-0.4, -0.2) is 33.0 Å². The maximum absolute atomic E-state index is 5.64. The highest BCUT2D eigenvalue weighted by Gasteiger charge is 2.16. The maximum atomic E-state index is 5.64. The molecule has 6 nitrogen and oxygen atoms in total. The maximum Gasteiger partial charge on any atom is 0.234 e. The molecule has 0 unspecified atom stereocenters. The number of ether oxygens (including phenoxy) is 2. The molecule has 0 N–H and O–H groups in total. The summed E-state index contributed by atoms with van der Waals surface area (Å²) in [6.45, 7) is 3.35. The van der Waals surface area contributed by atoms with E-state index in [-0.39, 0.29) is 0 Å². The molecule has 0 saturated heterocycles. The molecule has 0 aliphatic carbocycles. The zero-order chi connectivity index (χ0) is 14.9. The van der Waals surface area contributed by atoms with E-state index in [1.165, 1.54) is 11.3 Å². The molecule has 7 heteroatoms. The smallest absolute Gasteiger partial charge is 0.234 e. The molecule has 0 spiro atoms. The lowest BCUT2D eigenvalue weighted by Gasteiger charge is -2.18. The van der Waals surface area contributed by atoms with E-state index in [0.29, 0.717) is 13.2 Å². The second-order valence-corrected chi connectivity index (χ2v) is 6.14. The molecule has 22 heavy (non-hydrogen) atoms. The van der Waals surface area contributed by atoms with E-state index in [9.17, 15) is 0 Å². The van der Waals surface area contributed by atoms with E-state index < -0.39 is 0 Å². The zero-order valence-electron chi connectivity index (χ0n) is 12.3. The van der Waals surface area contributed by atoms with Crippen molar-refractivity contribution in [3.05, 3.63) is 24.0 Å². The molecule has 0 bridgehead atoms. The van der Waals surface area contributed by atoms with Gasteiger partial charge in [0.25, 0.3) is 0 Å². The van der Waals surface area contributed by atoms with E-state index in [2.05, 4.69) is 22.2 Å². The molecular formula is C15H16N4O2S. The highest BCUT2D eigenvalue weighted by molar-refractivity contribution is 7.19. The lowest BCUT2D eigenvalue weighted by molar-refractivity contribution is 0.171. The Bertz CT molecular complexity index is 811. The number of hydrogen-bond donors (Lipinski definition) is 0. The highest BCUT2D eigenvalue weighted by Crippen LogP contribution is 2.35. The number of fused-ring (bicyclic) bond motifs is 2. The van der Waals surface area contributed by atoms with Crippen molar-refractivity contribution >= 4 is 16.3 Å². The van der Waals surface area contributed by atoms with E-state index >= 15 is 0 Å². The first-order valence-electron chi connectivity index (χ1n) is 7.46. The third-order valence-corrected chi connectivity index (χ3v) is 4.55. The Kier molecular flexibility index (Phi) is 3.42. The van der Waals surface area contributed by atoms with Gasteiger partial charge in [-0.15, -0.1) is 10.2 Å². The Morgan fingerprint density at radius 3 is 2.91 bits per heavy atom. The van der Waals surface area contributed by atoms with Crippen molar-refractivity contribution in [2.75, 3.05) is 13.2 Å². The molecule has 0 saturated carbocycles. The van der Waals surface area contributed by atoms with Gasteiger partial charge in [-0.05, 0) is 24.6 Å². The van der Waals surface area contributed by atoms with Gasteiger partial charge in [0.15, 0.2) is 17.3 Å². The number of aromatic nitrogens is 4. The van der Waals surface area contributed by atoms with Crippen LogP contribution in [0.5, 0.6) is 11.5 Å². The normalized spacial score (nSPS) is 13.7. The van der Waals surface area contributed by atoms with Gasteiger partial charge < -0.3 is 9.47 Å². The van der Waals surface area contributed by atoms with Crippen LogP contribution in [0.1, 0.15) is 25.6 Å². The Labute approximate surface area is 131 Å². The Hall–Kier alpha value is -2.15. The lowest BCUT2D eigenvalue weighted by atomic mass is 10.2. The molecule has 0 amide bonds. The number of hydrogen-bond acceptors (Lipinski definition) is 6. The molecular weight excluding hydrogens is 300 g/mol. The SMILES string of the molecule is CCCCc1nnc2sc(-c3ccc4c(c3)OCCO4)nn12. The molecule has 1 aromatic carbocycles. The van der Waals surface area contributed by atoms with Gasteiger partial charge in [0, 0.05) is 12.0 Å². The van der Waals surface area contributed by atoms with Gasteiger partial charge in [-0.3, -0.25) is 0 Å². The highest BCUT2D eigenvalue weighted by atomic mass is 32.1. The van der Waals surface area contributed by atoms with Crippen LogP contribution in [0.4, 0.5) is 0 Å². The van der Waals surface area contributed by atoms with E-state index in [1.807, 2.05) is 22.7 Å². The molecule has 1 aliphatic rings. The summed E-state index contributed by atoms with van der Waals surface area (Å²) < 4.78 is 13.0. The van der Waals surface area contributed by atoms with Crippen molar-refractivity contribution in [2.45, 2.75) is 26.2 Å². The van der Waals surface area contributed by atoms with Crippen LogP contribution in [0, 0.1) is 0 Å². The van der Waals surface area contributed by atoms with E-state index in [4.69, 9.17) is 9.47 Å². The summed E-state index contributed by atoms with van der Waals surface area (Å²) in [7, 11) is 0. The number of rotatable bonds is 4. The fourth-order valence-corrected chi connectivity index (χ4v) is 3.30. The van der Waals surface area contributed by atoms with E-state index in [1.54, 1.807) is 0 Å². The predicted molar refractivity (Wildman–Crippen MR) is 83.7 cm³/mol. The third kappa shape index (κ3) is 2.31. The van der Waals surface area contributed by atoms with Crippen LogP contribution in [0.2, 0.25) is 0 Å². The first-order chi connectivity index (χ1) is 10.8. The summed E-state index contributed by atoms with van der Waals surface area (Å²) in [6, 6.07) is 5.92. The first kappa shape index (κ1) is 13.5. The molecule has 2 aromatic heterocycles. The van der Waals surface area contributed by atoms with Crippen LogP contribution in [-0.2, 0) is 6.42 Å². The van der Waals surface area contributed by atoms with Crippen molar-refractivity contribution in [3.8, 4) is 22.1 Å². The van der Waals surface area contributed by atoms with Gasteiger partial charge in [0.05, 0.1) is 0 Å².